The van der Waals surface area contributed by atoms with Gasteiger partial charge in [0.05, 0.1) is 4.90 Å². The number of benzene rings is 2. The number of aryl methyl sites for hydroxylation is 1. The first-order valence-corrected chi connectivity index (χ1v) is 12.6. The third-order valence-corrected chi connectivity index (χ3v) is 7.49. The minimum absolute atomic E-state index is 0.000981. The number of nitrogens with zero attached hydrogens (tertiary/aromatic N) is 1. The van der Waals surface area contributed by atoms with Gasteiger partial charge in [0.15, 0.2) is 0 Å². The van der Waals surface area contributed by atoms with Crippen molar-refractivity contribution in [2.45, 2.75) is 56.9 Å². The fourth-order valence-electron chi connectivity index (χ4n) is 4.07. The molecular weight excluding hydrogens is 426 g/mol. The summed E-state index contributed by atoms with van der Waals surface area (Å²) in [6.45, 7) is 4.05. The average molecular weight is 456 g/mol. The van der Waals surface area contributed by atoms with Crippen LogP contribution in [0.1, 0.15) is 44.2 Å². The molecule has 1 saturated carbocycles. The highest BCUT2D eigenvalue weighted by Crippen LogP contribution is 2.39. The summed E-state index contributed by atoms with van der Waals surface area (Å²) in [4.78, 5) is 26.7. The van der Waals surface area contributed by atoms with E-state index < -0.39 is 10.0 Å². The van der Waals surface area contributed by atoms with Gasteiger partial charge < -0.3 is 10.2 Å². The smallest absolute Gasteiger partial charge is 0.240 e. The van der Waals surface area contributed by atoms with Crippen molar-refractivity contribution in [2.75, 3.05) is 16.8 Å². The molecule has 2 amide bonds. The third-order valence-electron chi connectivity index (χ3n) is 6.03. The predicted molar refractivity (Wildman–Crippen MR) is 124 cm³/mol. The average Bonchev–Trinajstić information content (AvgIpc) is 3.55. The summed E-state index contributed by atoms with van der Waals surface area (Å²) in [5.74, 6) is -0.00140. The molecule has 0 bridgehead atoms. The van der Waals surface area contributed by atoms with E-state index >= 15 is 0 Å². The number of rotatable bonds is 8. The van der Waals surface area contributed by atoms with E-state index in [2.05, 4.69) is 17.0 Å². The molecule has 0 unspecified atom stereocenters. The van der Waals surface area contributed by atoms with Crippen LogP contribution in [0.4, 0.5) is 11.4 Å². The van der Waals surface area contributed by atoms with Crippen LogP contribution >= 0.6 is 0 Å². The Labute approximate surface area is 189 Å². The SMILES string of the molecule is CCc1ccc(NC(=O)CCNS(=O)(=O)c2ccc3c(c2)C[C@H](C)N3C(=O)C2CC2)cc1. The van der Waals surface area contributed by atoms with Crippen molar-refractivity contribution in [2.24, 2.45) is 5.92 Å². The number of anilines is 2. The fourth-order valence-corrected chi connectivity index (χ4v) is 5.15. The molecule has 8 heteroatoms. The predicted octanol–water partition coefficient (Wildman–Crippen LogP) is 3.24. The third kappa shape index (κ3) is 4.86. The van der Waals surface area contributed by atoms with E-state index in [1.54, 1.807) is 12.1 Å². The van der Waals surface area contributed by atoms with Gasteiger partial charge in [-0.05, 0) is 74.1 Å². The van der Waals surface area contributed by atoms with Crippen LogP contribution in [-0.4, -0.2) is 32.8 Å². The van der Waals surface area contributed by atoms with E-state index in [0.29, 0.717) is 12.1 Å². The highest BCUT2D eigenvalue weighted by atomic mass is 32.2. The number of carbonyl (C=O) groups excluding carboxylic acids is 2. The molecule has 1 aliphatic carbocycles. The minimum Gasteiger partial charge on any atom is -0.326 e. The molecule has 1 atom stereocenters. The molecule has 1 fully saturated rings. The molecule has 0 saturated heterocycles. The molecule has 4 rings (SSSR count). The Kier molecular flexibility index (Phi) is 6.35. The second kappa shape index (κ2) is 9.03. The summed E-state index contributed by atoms with van der Waals surface area (Å²) < 4.78 is 28.0. The van der Waals surface area contributed by atoms with Gasteiger partial charge in [-0.2, -0.15) is 0 Å². The van der Waals surface area contributed by atoms with E-state index in [4.69, 9.17) is 0 Å². The van der Waals surface area contributed by atoms with Crippen LogP contribution in [0.3, 0.4) is 0 Å². The summed E-state index contributed by atoms with van der Waals surface area (Å²) >= 11 is 0. The zero-order valence-corrected chi connectivity index (χ0v) is 19.2. The molecular formula is C24H29N3O4S. The quantitative estimate of drug-likeness (QED) is 0.639. The summed E-state index contributed by atoms with van der Waals surface area (Å²) in [7, 11) is -3.75. The lowest BCUT2D eigenvalue weighted by Crippen LogP contribution is -2.36. The summed E-state index contributed by atoms with van der Waals surface area (Å²) in [6.07, 6.45) is 3.46. The van der Waals surface area contributed by atoms with E-state index in [0.717, 1.165) is 30.5 Å². The second-order valence-corrected chi connectivity index (χ2v) is 10.3. The monoisotopic (exact) mass is 455 g/mol. The van der Waals surface area contributed by atoms with Crippen molar-refractivity contribution < 1.29 is 18.0 Å². The van der Waals surface area contributed by atoms with Gasteiger partial charge in [-0.25, -0.2) is 13.1 Å². The molecule has 2 aromatic carbocycles. The molecule has 170 valence electrons. The maximum atomic E-state index is 12.7. The minimum atomic E-state index is -3.75. The van der Waals surface area contributed by atoms with Gasteiger partial charge in [0.1, 0.15) is 0 Å². The van der Waals surface area contributed by atoms with E-state index in [1.165, 1.54) is 11.6 Å². The lowest BCUT2D eigenvalue weighted by Gasteiger charge is -2.22. The van der Waals surface area contributed by atoms with Gasteiger partial charge >= 0.3 is 0 Å². The highest BCUT2D eigenvalue weighted by molar-refractivity contribution is 7.89. The largest absolute Gasteiger partial charge is 0.326 e. The molecule has 0 spiro atoms. The summed E-state index contributed by atoms with van der Waals surface area (Å²) in [5, 5.41) is 2.78. The van der Waals surface area contributed by atoms with Crippen LogP contribution in [0, 0.1) is 5.92 Å². The van der Waals surface area contributed by atoms with Crippen LogP contribution in [0.2, 0.25) is 0 Å². The molecule has 2 aliphatic rings. The van der Waals surface area contributed by atoms with Crippen LogP contribution in [0.25, 0.3) is 0 Å². The van der Waals surface area contributed by atoms with Crippen LogP contribution in [0.5, 0.6) is 0 Å². The fraction of sp³-hybridized carbons (Fsp3) is 0.417. The Balaban J connectivity index is 1.35. The molecule has 0 radical (unpaired) electrons. The number of nitrogens with one attached hydrogen (secondary N) is 2. The normalized spacial score (nSPS) is 17.8. The van der Waals surface area contributed by atoms with Crippen LogP contribution in [0.15, 0.2) is 47.4 Å². The molecule has 1 aliphatic heterocycles. The van der Waals surface area contributed by atoms with Gasteiger partial charge in [-0.3, -0.25) is 9.59 Å². The van der Waals surface area contributed by atoms with E-state index in [1.807, 2.05) is 36.1 Å². The Morgan fingerprint density at radius 1 is 1.09 bits per heavy atom. The number of carbonyl (C=O) groups is 2. The van der Waals surface area contributed by atoms with E-state index in [9.17, 15) is 18.0 Å². The lowest BCUT2D eigenvalue weighted by atomic mass is 10.1. The van der Waals surface area contributed by atoms with Crippen molar-refractivity contribution in [1.82, 2.24) is 4.72 Å². The van der Waals surface area contributed by atoms with Gasteiger partial charge in [-0.15, -0.1) is 0 Å². The first-order valence-electron chi connectivity index (χ1n) is 11.1. The second-order valence-electron chi connectivity index (χ2n) is 8.57. The van der Waals surface area contributed by atoms with Crippen molar-refractivity contribution in [3.8, 4) is 0 Å². The maximum Gasteiger partial charge on any atom is 0.240 e. The first kappa shape index (κ1) is 22.5. The molecule has 7 nitrogen and oxygen atoms in total. The van der Waals surface area contributed by atoms with Gasteiger partial charge in [0.25, 0.3) is 0 Å². The Bertz CT molecular complexity index is 1120. The van der Waals surface area contributed by atoms with Gasteiger partial charge in [-0.1, -0.05) is 19.1 Å². The standard InChI is InChI=1S/C24H29N3O4S/c1-3-17-4-8-20(9-5-17)26-23(28)12-13-25-32(30,31)21-10-11-22-19(15-21)14-16(2)27(22)24(29)18-6-7-18/h4-5,8-11,15-16,18,25H,3,6-7,12-14H2,1-2H3,(H,26,28)/t16-/m0/s1. The topological polar surface area (TPSA) is 95.6 Å². The molecule has 1 heterocycles. The van der Waals surface area contributed by atoms with E-state index in [-0.39, 0.29) is 41.6 Å². The number of fused-ring (bicyclic) bond motifs is 1. The van der Waals surface area contributed by atoms with Crippen LogP contribution in [-0.2, 0) is 32.5 Å². The number of hydrogen-bond acceptors (Lipinski definition) is 4. The zero-order chi connectivity index (χ0) is 22.9. The molecule has 0 aromatic heterocycles. The lowest BCUT2D eigenvalue weighted by molar-refractivity contribution is -0.120. The molecule has 2 aromatic rings. The number of hydrogen-bond donors (Lipinski definition) is 2. The molecule has 32 heavy (non-hydrogen) atoms. The summed E-state index contributed by atoms with van der Waals surface area (Å²) in [5.41, 5.74) is 3.54. The van der Waals surface area contributed by atoms with Gasteiger partial charge in [0, 0.05) is 36.3 Å². The van der Waals surface area contributed by atoms with Crippen molar-refractivity contribution in [1.29, 1.82) is 0 Å². The Hall–Kier alpha value is -2.71. The van der Waals surface area contributed by atoms with Crippen molar-refractivity contribution >= 4 is 33.2 Å². The van der Waals surface area contributed by atoms with Crippen molar-refractivity contribution in [3.63, 3.8) is 0 Å². The number of sulfonamides is 1. The first-order chi connectivity index (χ1) is 15.3. The van der Waals surface area contributed by atoms with Crippen molar-refractivity contribution in [3.05, 3.63) is 53.6 Å². The number of amides is 2. The van der Waals surface area contributed by atoms with Gasteiger partial charge in [0.2, 0.25) is 21.8 Å². The summed E-state index contributed by atoms with van der Waals surface area (Å²) in [6, 6.07) is 12.5. The Morgan fingerprint density at radius 2 is 1.81 bits per heavy atom. The maximum absolute atomic E-state index is 12.7. The Morgan fingerprint density at radius 3 is 2.47 bits per heavy atom. The molecule has 2 N–H and O–H groups in total. The zero-order valence-electron chi connectivity index (χ0n) is 18.4. The highest BCUT2D eigenvalue weighted by Gasteiger charge is 2.39. The van der Waals surface area contributed by atoms with Crippen LogP contribution < -0.4 is 14.9 Å².